The summed E-state index contributed by atoms with van der Waals surface area (Å²) in [5.74, 6) is 0.270. The zero-order valence-electron chi connectivity index (χ0n) is 5.83. The van der Waals surface area contributed by atoms with Crippen molar-refractivity contribution in [3.05, 3.63) is 0 Å². The fourth-order valence-electron chi connectivity index (χ4n) is 1.63. The van der Waals surface area contributed by atoms with Crippen LogP contribution < -0.4 is 5.32 Å². The van der Waals surface area contributed by atoms with Crippen molar-refractivity contribution >= 4 is 18.3 Å². The topological polar surface area (TPSA) is 32.3 Å². The van der Waals surface area contributed by atoms with Crippen LogP contribution >= 0.6 is 12.4 Å². The molecule has 0 aromatic heterocycles. The molecular weight excluding hydrogens is 152 g/mol. The summed E-state index contributed by atoms with van der Waals surface area (Å²) in [5.41, 5.74) is 0. The van der Waals surface area contributed by atoms with Crippen molar-refractivity contribution in [2.75, 3.05) is 13.6 Å². The molecule has 0 aliphatic carbocycles. The van der Waals surface area contributed by atoms with Crippen LogP contribution in [0.2, 0.25) is 0 Å². The average Bonchev–Trinajstić information content (AvgIpc) is 2.37. The van der Waals surface area contributed by atoms with Gasteiger partial charge >= 0.3 is 0 Å². The molecule has 0 radical (unpaired) electrons. The van der Waals surface area contributed by atoms with Gasteiger partial charge in [0.1, 0.15) is 0 Å². The van der Waals surface area contributed by atoms with Gasteiger partial charge in [0.05, 0.1) is 6.04 Å². The van der Waals surface area contributed by atoms with Crippen molar-refractivity contribution in [1.82, 2.24) is 10.2 Å². The number of carbonyl (C=O) groups excluding carboxylic acids is 1. The Morgan fingerprint density at radius 2 is 2.40 bits per heavy atom. The van der Waals surface area contributed by atoms with E-state index in [1.165, 1.54) is 0 Å². The molecule has 0 unspecified atom stereocenters. The van der Waals surface area contributed by atoms with Crippen molar-refractivity contribution in [1.29, 1.82) is 0 Å². The number of likely N-dealkylation sites (N-methyl/N-ethyl adjacent to an activating group) is 1. The molecule has 2 heterocycles. The highest BCUT2D eigenvalue weighted by molar-refractivity contribution is 5.85. The lowest BCUT2D eigenvalue weighted by Gasteiger charge is -2.22. The minimum atomic E-state index is 0. The summed E-state index contributed by atoms with van der Waals surface area (Å²) in [6.45, 7) is 0.993. The lowest BCUT2D eigenvalue weighted by atomic mass is 10.2. The molecule has 2 rings (SSSR count). The highest BCUT2D eigenvalue weighted by Crippen LogP contribution is 2.21. The molecule has 0 aromatic rings. The lowest BCUT2D eigenvalue weighted by molar-refractivity contribution is -0.130. The van der Waals surface area contributed by atoms with Crippen LogP contribution in [-0.2, 0) is 4.79 Å². The molecule has 2 bridgehead atoms. The number of halogens is 1. The lowest BCUT2D eigenvalue weighted by Crippen LogP contribution is -2.45. The van der Waals surface area contributed by atoms with Gasteiger partial charge in [0, 0.05) is 19.6 Å². The largest absolute Gasteiger partial charge is 0.340 e. The summed E-state index contributed by atoms with van der Waals surface area (Å²) in [6, 6.07) is 0.641. The monoisotopic (exact) mass is 162 g/mol. The van der Waals surface area contributed by atoms with Crippen LogP contribution in [-0.4, -0.2) is 36.5 Å². The summed E-state index contributed by atoms with van der Waals surface area (Å²) in [5, 5.41) is 3.14. The summed E-state index contributed by atoms with van der Waals surface area (Å²) in [4.78, 5) is 12.9. The second kappa shape index (κ2) is 2.40. The molecule has 1 amide bonds. The molecule has 58 valence electrons. The maximum atomic E-state index is 11.0. The molecule has 2 saturated heterocycles. The van der Waals surface area contributed by atoms with E-state index in [4.69, 9.17) is 0 Å². The Bertz CT molecular complexity index is 158. The van der Waals surface area contributed by atoms with Crippen LogP contribution in [0.1, 0.15) is 6.42 Å². The standard InChI is InChI=1S/C6H10N2O.ClH/c1-8-4-2-5(6(8)9)7-3-4;/h4-5,7H,2-3H2,1H3;1H/t4-,5-;/m0./s1. The van der Waals surface area contributed by atoms with Gasteiger partial charge < -0.3 is 10.2 Å². The Labute approximate surface area is 66.2 Å². The van der Waals surface area contributed by atoms with E-state index in [1.807, 2.05) is 11.9 Å². The number of hydrogen-bond acceptors (Lipinski definition) is 2. The smallest absolute Gasteiger partial charge is 0.239 e. The van der Waals surface area contributed by atoms with Crippen LogP contribution in [0, 0.1) is 0 Å². The maximum Gasteiger partial charge on any atom is 0.239 e. The number of amides is 1. The number of fused-ring (bicyclic) bond motifs is 2. The van der Waals surface area contributed by atoms with E-state index in [1.54, 1.807) is 0 Å². The molecule has 2 atom stereocenters. The first-order chi connectivity index (χ1) is 4.29. The van der Waals surface area contributed by atoms with E-state index in [9.17, 15) is 4.79 Å². The first-order valence-corrected chi connectivity index (χ1v) is 3.29. The molecule has 0 saturated carbocycles. The molecule has 1 N–H and O–H groups in total. The molecule has 4 heteroatoms. The van der Waals surface area contributed by atoms with E-state index in [-0.39, 0.29) is 24.4 Å². The first-order valence-electron chi connectivity index (χ1n) is 3.29. The molecule has 0 aromatic carbocycles. The highest BCUT2D eigenvalue weighted by atomic mass is 35.5. The van der Waals surface area contributed by atoms with E-state index in [0.717, 1.165) is 13.0 Å². The number of piperazine rings is 1. The Hall–Kier alpha value is -0.280. The van der Waals surface area contributed by atoms with Crippen molar-refractivity contribution < 1.29 is 4.79 Å². The van der Waals surface area contributed by atoms with Gasteiger partial charge in [-0.25, -0.2) is 0 Å². The van der Waals surface area contributed by atoms with Crippen LogP contribution in [0.4, 0.5) is 0 Å². The van der Waals surface area contributed by atoms with E-state index >= 15 is 0 Å². The summed E-state index contributed by atoms with van der Waals surface area (Å²) >= 11 is 0. The second-order valence-corrected chi connectivity index (χ2v) is 2.80. The van der Waals surface area contributed by atoms with E-state index < -0.39 is 0 Å². The van der Waals surface area contributed by atoms with Crippen LogP contribution in [0.5, 0.6) is 0 Å². The summed E-state index contributed by atoms with van der Waals surface area (Å²) in [7, 11) is 1.88. The molecule has 2 aliphatic heterocycles. The van der Waals surface area contributed by atoms with Crippen molar-refractivity contribution in [3.63, 3.8) is 0 Å². The quantitative estimate of drug-likeness (QED) is 0.526. The van der Waals surface area contributed by atoms with Gasteiger partial charge in [-0.15, -0.1) is 12.4 Å². The third kappa shape index (κ3) is 0.812. The van der Waals surface area contributed by atoms with Crippen LogP contribution in [0.3, 0.4) is 0 Å². The van der Waals surface area contributed by atoms with Gasteiger partial charge in [-0.2, -0.15) is 0 Å². The van der Waals surface area contributed by atoms with Crippen LogP contribution in [0.15, 0.2) is 0 Å². The average molecular weight is 163 g/mol. The van der Waals surface area contributed by atoms with Crippen molar-refractivity contribution in [3.8, 4) is 0 Å². The molecule has 2 fully saturated rings. The Morgan fingerprint density at radius 3 is 2.70 bits per heavy atom. The summed E-state index contributed by atoms with van der Waals surface area (Å²) < 4.78 is 0. The normalized spacial score (nSPS) is 36.5. The van der Waals surface area contributed by atoms with Gasteiger partial charge in [-0.3, -0.25) is 4.79 Å². The fraction of sp³-hybridized carbons (Fsp3) is 0.833. The van der Waals surface area contributed by atoms with Gasteiger partial charge in [0.25, 0.3) is 0 Å². The summed E-state index contributed by atoms with van der Waals surface area (Å²) in [6.07, 6.45) is 1.02. The maximum absolute atomic E-state index is 11.0. The molecule has 2 aliphatic rings. The number of nitrogens with one attached hydrogen (secondary N) is 1. The van der Waals surface area contributed by atoms with Crippen molar-refractivity contribution in [2.45, 2.75) is 18.5 Å². The third-order valence-electron chi connectivity index (χ3n) is 2.30. The van der Waals surface area contributed by atoms with Gasteiger partial charge in [-0.05, 0) is 6.42 Å². The molecular formula is C6H11ClN2O. The zero-order valence-corrected chi connectivity index (χ0v) is 6.65. The minimum Gasteiger partial charge on any atom is -0.340 e. The fourth-order valence-corrected chi connectivity index (χ4v) is 1.63. The number of carbonyl (C=O) groups is 1. The molecule has 0 spiro atoms. The SMILES string of the molecule is CN1C(=O)[C@@H]2C[C@H]1CN2.Cl. The second-order valence-electron chi connectivity index (χ2n) is 2.80. The number of likely N-dealkylation sites (tertiary alicyclic amines) is 1. The zero-order chi connectivity index (χ0) is 6.43. The molecule has 10 heavy (non-hydrogen) atoms. The van der Waals surface area contributed by atoms with Gasteiger partial charge in [-0.1, -0.05) is 0 Å². The number of hydrogen-bond donors (Lipinski definition) is 1. The predicted octanol–water partition coefficient (Wildman–Crippen LogP) is -0.389. The van der Waals surface area contributed by atoms with Gasteiger partial charge in [0.15, 0.2) is 0 Å². The Morgan fingerprint density at radius 1 is 1.70 bits per heavy atom. The number of rotatable bonds is 0. The predicted molar refractivity (Wildman–Crippen MR) is 40.2 cm³/mol. The number of nitrogens with zero attached hydrogens (tertiary/aromatic N) is 1. The van der Waals surface area contributed by atoms with E-state index in [0.29, 0.717) is 6.04 Å². The third-order valence-corrected chi connectivity index (χ3v) is 2.30. The highest BCUT2D eigenvalue weighted by Gasteiger charge is 2.42. The van der Waals surface area contributed by atoms with E-state index in [2.05, 4.69) is 5.32 Å². The Balaban J connectivity index is 0.000000500. The Kier molecular flexibility index (Phi) is 1.88. The minimum absolute atomic E-state index is 0. The van der Waals surface area contributed by atoms with Crippen LogP contribution in [0.25, 0.3) is 0 Å². The van der Waals surface area contributed by atoms with Crippen molar-refractivity contribution in [2.24, 2.45) is 0 Å². The van der Waals surface area contributed by atoms with Gasteiger partial charge in [0.2, 0.25) is 5.91 Å². The first kappa shape index (κ1) is 7.82. The molecule has 3 nitrogen and oxygen atoms in total.